The van der Waals surface area contributed by atoms with Crippen LogP contribution in [0, 0.1) is 0 Å². The number of fused-ring (bicyclic) bond motifs is 6. The van der Waals surface area contributed by atoms with E-state index in [2.05, 4.69) is 180 Å². The van der Waals surface area contributed by atoms with Gasteiger partial charge in [-0.1, -0.05) is 127 Å². The topological polar surface area (TPSA) is 52.5 Å². The number of rotatable bonds is 4. The fourth-order valence-corrected chi connectivity index (χ4v) is 7.20. The minimum Gasteiger partial charge on any atom is -0.377 e. The van der Waals surface area contributed by atoms with Crippen LogP contribution >= 0.6 is 0 Å². The van der Waals surface area contributed by atoms with Gasteiger partial charge in [0.1, 0.15) is 0 Å². The smallest absolute Gasteiger partial charge is 0.0737 e. The summed E-state index contributed by atoms with van der Waals surface area (Å²) in [5.74, 6) is -0.00365. The molecule has 0 spiro atoms. The molecule has 2 unspecified atom stereocenters. The average molecular weight is 617 g/mol. The molecule has 0 saturated heterocycles. The Morgan fingerprint density at radius 1 is 0.458 bits per heavy atom. The van der Waals surface area contributed by atoms with Crippen molar-refractivity contribution in [2.24, 2.45) is 9.98 Å². The van der Waals surface area contributed by atoms with Crippen molar-refractivity contribution in [1.29, 1.82) is 0 Å². The van der Waals surface area contributed by atoms with Crippen molar-refractivity contribution in [1.82, 2.24) is 10.3 Å². The zero-order valence-corrected chi connectivity index (χ0v) is 26.2. The summed E-state index contributed by atoms with van der Waals surface area (Å²) in [4.78, 5) is 14.6. The van der Waals surface area contributed by atoms with Crippen LogP contribution in [0.4, 0.5) is 0 Å². The van der Waals surface area contributed by atoms with Gasteiger partial charge in [0, 0.05) is 33.8 Å². The molecule has 0 saturated carbocycles. The van der Waals surface area contributed by atoms with Crippen molar-refractivity contribution >= 4 is 28.1 Å². The second-order valence-corrected chi connectivity index (χ2v) is 12.3. The highest BCUT2D eigenvalue weighted by atomic mass is 15.0. The summed E-state index contributed by atoms with van der Waals surface area (Å²) in [6, 6.07) is 46.7. The highest BCUT2D eigenvalue weighted by Crippen LogP contribution is 2.39. The first-order valence-corrected chi connectivity index (χ1v) is 16.4. The second-order valence-electron chi connectivity index (χ2n) is 12.3. The molecule has 4 nitrogen and oxygen atoms in total. The number of H-pyrrole nitrogens is 1. The fourth-order valence-electron chi connectivity index (χ4n) is 7.20. The third kappa shape index (κ3) is 4.95. The number of aliphatic imine (C=N–C) groups is 2. The molecule has 0 amide bonds. The van der Waals surface area contributed by atoms with Gasteiger partial charge in [-0.2, -0.15) is 0 Å². The Balaban J connectivity index is 1.33. The molecule has 1 aromatic heterocycles. The fraction of sp³-hybridized carbons (Fsp3) is 0.0455. The van der Waals surface area contributed by atoms with E-state index in [1.54, 1.807) is 0 Å². The van der Waals surface area contributed by atoms with Gasteiger partial charge in [0.05, 0.1) is 34.8 Å². The molecule has 4 heteroatoms. The molecule has 48 heavy (non-hydrogen) atoms. The molecule has 5 aromatic rings. The zero-order chi connectivity index (χ0) is 31.9. The van der Waals surface area contributed by atoms with Gasteiger partial charge in [0.15, 0.2) is 0 Å². The van der Waals surface area contributed by atoms with E-state index in [-0.39, 0.29) is 12.0 Å². The van der Waals surface area contributed by atoms with Gasteiger partial charge >= 0.3 is 0 Å². The van der Waals surface area contributed by atoms with Gasteiger partial charge in [-0.15, -0.1) is 0 Å². The standard InChI is InChI=1S/C44H32N4/c1-5-13-29(14-6-1)41-33-21-23-35(45-33)42(30-15-7-2-8-16-30)37-25-27-39(47-37)44(32-19-11-4-12-20-32)40-28-26-38(48-40)43(31-17-9-3-10-18-31)36-24-22-34(41)46-36/h1-28,33,41,45,48H/b42-35-,43-36-,44-39?. The first kappa shape index (κ1) is 28.0. The van der Waals surface area contributed by atoms with Crippen LogP contribution in [0.2, 0.25) is 0 Å². The predicted octanol–water partition coefficient (Wildman–Crippen LogP) is 9.29. The number of aromatic amines is 1. The summed E-state index contributed by atoms with van der Waals surface area (Å²) in [5.41, 5.74) is 14.6. The zero-order valence-electron chi connectivity index (χ0n) is 26.2. The van der Waals surface area contributed by atoms with Crippen LogP contribution in [0.3, 0.4) is 0 Å². The number of nitrogens with zero attached hydrogens (tertiary/aromatic N) is 2. The molecule has 4 aliphatic heterocycles. The average Bonchev–Trinajstić information content (AvgIpc) is 3.98. The van der Waals surface area contributed by atoms with Crippen molar-refractivity contribution in [2.45, 2.75) is 12.0 Å². The maximum Gasteiger partial charge on any atom is 0.0737 e. The van der Waals surface area contributed by atoms with E-state index in [4.69, 9.17) is 9.98 Å². The monoisotopic (exact) mass is 616 g/mol. The first-order valence-electron chi connectivity index (χ1n) is 16.4. The molecule has 0 aliphatic carbocycles. The predicted molar refractivity (Wildman–Crippen MR) is 197 cm³/mol. The molecular weight excluding hydrogens is 585 g/mol. The van der Waals surface area contributed by atoms with Gasteiger partial charge in [0.2, 0.25) is 0 Å². The molecule has 4 aliphatic rings. The maximum absolute atomic E-state index is 5.41. The van der Waals surface area contributed by atoms with Crippen molar-refractivity contribution in [2.75, 3.05) is 0 Å². The Bertz CT molecular complexity index is 2280. The quantitative estimate of drug-likeness (QED) is 0.208. The van der Waals surface area contributed by atoms with Crippen LogP contribution < -0.4 is 5.32 Å². The Morgan fingerprint density at radius 3 is 1.58 bits per heavy atom. The highest BCUT2D eigenvalue weighted by Gasteiger charge is 2.32. The molecule has 2 atom stereocenters. The summed E-state index contributed by atoms with van der Waals surface area (Å²) in [5, 5.41) is 3.92. The number of allylic oxidation sites excluding steroid dienone is 6. The number of aromatic nitrogens is 1. The molecule has 9 rings (SSSR count). The lowest BCUT2D eigenvalue weighted by atomic mass is 9.87. The number of nitrogens with one attached hydrogen (secondary N) is 2. The van der Waals surface area contributed by atoms with Gasteiger partial charge in [-0.05, 0) is 64.8 Å². The molecular formula is C44H32N4. The third-order valence-corrected chi connectivity index (χ3v) is 9.38. The van der Waals surface area contributed by atoms with Crippen LogP contribution in [-0.2, 0) is 0 Å². The molecule has 4 aromatic carbocycles. The summed E-state index contributed by atoms with van der Waals surface area (Å²) in [6.07, 6.45) is 13.2. The van der Waals surface area contributed by atoms with Gasteiger partial charge in [0.25, 0.3) is 0 Å². The normalized spacial score (nSPS) is 22.6. The van der Waals surface area contributed by atoms with Gasteiger partial charge < -0.3 is 10.3 Å². The Kier molecular flexibility index (Phi) is 6.90. The Hall–Kier alpha value is -6.26. The van der Waals surface area contributed by atoms with Crippen molar-refractivity contribution in [3.63, 3.8) is 0 Å². The molecule has 8 bridgehead atoms. The van der Waals surface area contributed by atoms with Gasteiger partial charge in [-0.3, -0.25) is 4.99 Å². The van der Waals surface area contributed by atoms with Crippen LogP contribution in [0.5, 0.6) is 0 Å². The van der Waals surface area contributed by atoms with E-state index in [1.165, 1.54) is 5.56 Å². The molecule has 2 N–H and O–H groups in total. The summed E-state index contributed by atoms with van der Waals surface area (Å²) < 4.78 is 0. The minimum absolute atomic E-state index is 0.00365. The maximum atomic E-state index is 5.41. The van der Waals surface area contributed by atoms with Crippen molar-refractivity contribution < 1.29 is 0 Å². The number of benzene rings is 4. The van der Waals surface area contributed by atoms with Crippen molar-refractivity contribution in [3.05, 3.63) is 221 Å². The molecule has 0 fully saturated rings. The molecule has 5 heterocycles. The SMILES string of the molecule is C1=CC2=C(c3ccccc3)c3ccc([nH]3)/C(c3ccccc3)=C3/C=CC(=N3)C(c3ccccc3)C3C=C/C(=C(\c4ccccc4)C1=N2)N3. The summed E-state index contributed by atoms with van der Waals surface area (Å²) in [7, 11) is 0. The molecule has 228 valence electrons. The Morgan fingerprint density at radius 2 is 0.979 bits per heavy atom. The van der Waals surface area contributed by atoms with Crippen LogP contribution in [0.1, 0.15) is 39.6 Å². The van der Waals surface area contributed by atoms with E-state index < -0.39 is 0 Å². The van der Waals surface area contributed by atoms with E-state index in [1.807, 2.05) is 0 Å². The van der Waals surface area contributed by atoms with Crippen LogP contribution in [0.25, 0.3) is 16.7 Å². The third-order valence-electron chi connectivity index (χ3n) is 9.38. The lowest BCUT2D eigenvalue weighted by Gasteiger charge is -2.24. The largest absolute Gasteiger partial charge is 0.377 e. The second kappa shape index (κ2) is 11.8. The molecule has 0 radical (unpaired) electrons. The Labute approximate surface area is 280 Å². The van der Waals surface area contributed by atoms with E-state index in [0.717, 1.165) is 73.3 Å². The van der Waals surface area contributed by atoms with Crippen LogP contribution in [0.15, 0.2) is 197 Å². The van der Waals surface area contributed by atoms with Gasteiger partial charge in [-0.25, -0.2) is 4.99 Å². The van der Waals surface area contributed by atoms with E-state index >= 15 is 0 Å². The highest BCUT2D eigenvalue weighted by molar-refractivity contribution is 6.32. The summed E-state index contributed by atoms with van der Waals surface area (Å²) in [6.45, 7) is 0. The van der Waals surface area contributed by atoms with E-state index in [9.17, 15) is 0 Å². The van der Waals surface area contributed by atoms with Crippen molar-refractivity contribution in [3.8, 4) is 0 Å². The summed E-state index contributed by atoms with van der Waals surface area (Å²) >= 11 is 0. The minimum atomic E-state index is -0.00471. The first-order chi connectivity index (χ1) is 23.8. The van der Waals surface area contributed by atoms with E-state index in [0.29, 0.717) is 0 Å². The lowest BCUT2D eigenvalue weighted by Crippen LogP contribution is -2.33. The number of hydrogen-bond acceptors (Lipinski definition) is 3. The lowest BCUT2D eigenvalue weighted by molar-refractivity contribution is 0.666. The number of hydrogen-bond donors (Lipinski definition) is 2. The van der Waals surface area contributed by atoms with Crippen LogP contribution in [-0.4, -0.2) is 22.4 Å².